The molecule has 5 heteroatoms. The van der Waals surface area contributed by atoms with Crippen LogP contribution in [0.5, 0.6) is 0 Å². The molecule has 0 radical (unpaired) electrons. The van der Waals surface area contributed by atoms with Crippen molar-refractivity contribution < 1.29 is 9.53 Å². The summed E-state index contributed by atoms with van der Waals surface area (Å²) in [6.45, 7) is 2.18. The summed E-state index contributed by atoms with van der Waals surface area (Å²) < 4.78 is 4.73. The van der Waals surface area contributed by atoms with Crippen molar-refractivity contribution in [1.82, 2.24) is 9.97 Å². The third-order valence-corrected chi connectivity index (χ3v) is 2.27. The highest BCUT2D eigenvalue weighted by Gasteiger charge is 1.94. The van der Waals surface area contributed by atoms with Gasteiger partial charge in [0.25, 0.3) is 0 Å². The molecule has 0 saturated heterocycles. The van der Waals surface area contributed by atoms with Crippen LogP contribution in [-0.2, 0) is 9.53 Å². The summed E-state index contributed by atoms with van der Waals surface area (Å²) in [6.07, 6.45) is 8.11. The molecule has 0 unspecified atom stereocenters. The van der Waals surface area contributed by atoms with E-state index in [-0.39, 0.29) is 5.97 Å². The molecule has 80 valence electrons. The first kappa shape index (κ1) is 11.7. The van der Waals surface area contributed by atoms with Crippen LogP contribution in [0.3, 0.4) is 0 Å². The van der Waals surface area contributed by atoms with Crippen LogP contribution < -0.4 is 0 Å². The molecule has 0 bridgehead atoms. The predicted molar refractivity (Wildman–Crippen MR) is 58.5 cm³/mol. The zero-order valence-electron chi connectivity index (χ0n) is 8.42. The van der Waals surface area contributed by atoms with E-state index in [1.54, 1.807) is 31.6 Å². The second-order valence-electron chi connectivity index (χ2n) is 2.51. The van der Waals surface area contributed by atoms with Gasteiger partial charge in [0.15, 0.2) is 0 Å². The number of carbonyl (C=O) groups is 1. The van der Waals surface area contributed by atoms with Gasteiger partial charge in [-0.3, -0.25) is 4.98 Å². The van der Waals surface area contributed by atoms with E-state index >= 15 is 0 Å². The number of thioether (sulfide) groups is 1. The predicted octanol–water partition coefficient (Wildman–Crippen LogP) is 1.69. The standard InChI is InChI=1S/C10H12N2O2S/c1-2-14-10(13)4-3-7-15-9-8-11-5-6-12-9/h3-6,8H,2,7H2,1H3/b4-3+. The van der Waals surface area contributed by atoms with Gasteiger partial charge >= 0.3 is 5.97 Å². The van der Waals surface area contributed by atoms with Gasteiger partial charge in [0.1, 0.15) is 5.03 Å². The molecule has 4 nitrogen and oxygen atoms in total. The minimum Gasteiger partial charge on any atom is -0.463 e. The second-order valence-corrected chi connectivity index (χ2v) is 3.55. The number of hydrogen-bond donors (Lipinski definition) is 0. The van der Waals surface area contributed by atoms with Gasteiger partial charge in [0.2, 0.25) is 0 Å². The SMILES string of the molecule is CCOC(=O)/C=C/CSc1cnccn1. The maximum Gasteiger partial charge on any atom is 0.330 e. The van der Waals surface area contributed by atoms with Crippen molar-refractivity contribution >= 4 is 17.7 Å². The van der Waals surface area contributed by atoms with Crippen molar-refractivity contribution in [2.24, 2.45) is 0 Å². The molecule has 0 N–H and O–H groups in total. The average molecular weight is 224 g/mol. The lowest BCUT2D eigenvalue weighted by molar-refractivity contribution is -0.137. The quantitative estimate of drug-likeness (QED) is 0.433. The van der Waals surface area contributed by atoms with Crippen LogP contribution in [0.25, 0.3) is 0 Å². The highest BCUT2D eigenvalue weighted by Crippen LogP contribution is 2.12. The lowest BCUT2D eigenvalue weighted by atomic mass is 10.5. The minimum absolute atomic E-state index is 0.308. The number of aromatic nitrogens is 2. The fourth-order valence-corrected chi connectivity index (χ4v) is 1.46. The summed E-state index contributed by atoms with van der Waals surface area (Å²) >= 11 is 1.51. The maximum absolute atomic E-state index is 10.9. The van der Waals surface area contributed by atoms with Crippen molar-refractivity contribution in [3.8, 4) is 0 Å². The summed E-state index contributed by atoms with van der Waals surface area (Å²) in [4.78, 5) is 18.9. The lowest BCUT2D eigenvalue weighted by Gasteiger charge is -1.95. The Morgan fingerprint density at radius 2 is 2.47 bits per heavy atom. The number of hydrogen-bond acceptors (Lipinski definition) is 5. The number of nitrogens with zero attached hydrogens (tertiary/aromatic N) is 2. The fourth-order valence-electron chi connectivity index (χ4n) is 0.828. The van der Waals surface area contributed by atoms with Gasteiger partial charge in [-0.25, -0.2) is 9.78 Å². The summed E-state index contributed by atoms with van der Waals surface area (Å²) in [6, 6.07) is 0. The Morgan fingerprint density at radius 3 is 3.13 bits per heavy atom. The molecule has 1 heterocycles. The molecule has 0 aliphatic rings. The van der Waals surface area contributed by atoms with Gasteiger partial charge in [-0.2, -0.15) is 0 Å². The van der Waals surface area contributed by atoms with Gasteiger partial charge in [-0.1, -0.05) is 6.08 Å². The van der Waals surface area contributed by atoms with E-state index in [0.29, 0.717) is 12.4 Å². The molecular formula is C10H12N2O2S. The molecule has 1 aromatic rings. The van der Waals surface area contributed by atoms with Gasteiger partial charge < -0.3 is 4.74 Å². The molecule has 0 amide bonds. The van der Waals surface area contributed by atoms with E-state index in [9.17, 15) is 4.79 Å². The van der Waals surface area contributed by atoms with Gasteiger partial charge in [0, 0.05) is 24.2 Å². The van der Waals surface area contributed by atoms with E-state index in [4.69, 9.17) is 4.74 Å². The summed E-state index contributed by atoms with van der Waals surface area (Å²) in [5.41, 5.74) is 0. The molecule has 1 rings (SSSR count). The first-order valence-electron chi connectivity index (χ1n) is 4.55. The van der Waals surface area contributed by atoms with Crippen molar-refractivity contribution in [3.05, 3.63) is 30.7 Å². The number of carbonyl (C=O) groups excluding carboxylic acids is 1. The van der Waals surface area contributed by atoms with Crippen LogP contribution >= 0.6 is 11.8 Å². The average Bonchev–Trinajstić information content (AvgIpc) is 2.26. The zero-order chi connectivity index (χ0) is 10.9. The van der Waals surface area contributed by atoms with Crippen molar-refractivity contribution in [2.45, 2.75) is 11.9 Å². The van der Waals surface area contributed by atoms with Crippen LogP contribution in [0.2, 0.25) is 0 Å². The molecule has 0 fully saturated rings. The van der Waals surface area contributed by atoms with E-state index < -0.39 is 0 Å². The molecule has 0 aliphatic carbocycles. The fraction of sp³-hybridized carbons (Fsp3) is 0.300. The van der Waals surface area contributed by atoms with E-state index in [1.165, 1.54) is 17.8 Å². The number of ether oxygens (including phenoxy) is 1. The Morgan fingerprint density at radius 1 is 1.60 bits per heavy atom. The molecule has 0 atom stereocenters. The Bertz CT molecular complexity index is 327. The van der Waals surface area contributed by atoms with Crippen LogP contribution in [0.1, 0.15) is 6.92 Å². The smallest absolute Gasteiger partial charge is 0.330 e. The topological polar surface area (TPSA) is 52.1 Å². The third kappa shape index (κ3) is 5.17. The summed E-state index contributed by atoms with van der Waals surface area (Å²) in [5, 5.41) is 0.839. The van der Waals surface area contributed by atoms with Gasteiger partial charge in [-0.15, -0.1) is 11.8 Å². The van der Waals surface area contributed by atoms with Gasteiger partial charge in [-0.05, 0) is 6.92 Å². The molecule has 0 aromatic carbocycles. The molecular weight excluding hydrogens is 212 g/mol. The van der Waals surface area contributed by atoms with Gasteiger partial charge in [0.05, 0.1) is 12.8 Å². The molecule has 0 spiro atoms. The van der Waals surface area contributed by atoms with E-state index in [0.717, 1.165) is 5.03 Å². The van der Waals surface area contributed by atoms with Crippen LogP contribution in [0, 0.1) is 0 Å². The van der Waals surface area contributed by atoms with Crippen molar-refractivity contribution in [2.75, 3.05) is 12.4 Å². The first-order valence-corrected chi connectivity index (χ1v) is 5.53. The molecule has 0 saturated carbocycles. The highest BCUT2D eigenvalue weighted by molar-refractivity contribution is 7.99. The van der Waals surface area contributed by atoms with Crippen molar-refractivity contribution in [1.29, 1.82) is 0 Å². The van der Waals surface area contributed by atoms with Crippen molar-refractivity contribution in [3.63, 3.8) is 0 Å². The third-order valence-electron chi connectivity index (χ3n) is 1.41. The Hall–Kier alpha value is -1.36. The molecule has 0 aliphatic heterocycles. The van der Waals surface area contributed by atoms with Crippen LogP contribution in [-0.4, -0.2) is 28.3 Å². The normalized spacial score (nSPS) is 10.5. The van der Waals surface area contributed by atoms with Crippen LogP contribution in [0.15, 0.2) is 35.8 Å². The van der Waals surface area contributed by atoms with Crippen LogP contribution in [0.4, 0.5) is 0 Å². The Labute approximate surface area is 92.8 Å². The molecule has 1 aromatic heterocycles. The zero-order valence-corrected chi connectivity index (χ0v) is 9.24. The Kier molecular flexibility index (Phi) is 5.47. The first-order chi connectivity index (χ1) is 7.33. The van der Waals surface area contributed by atoms with E-state index in [2.05, 4.69) is 9.97 Å². The lowest BCUT2D eigenvalue weighted by Crippen LogP contribution is -1.98. The Balaban J connectivity index is 2.24. The van der Waals surface area contributed by atoms with E-state index in [1.807, 2.05) is 0 Å². The minimum atomic E-state index is -0.308. The second kappa shape index (κ2) is 7.00. The summed E-state index contributed by atoms with van der Waals surface area (Å²) in [7, 11) is 0. The highest BCUT2D eigenvalue weighted by atomic mass is 32.2. The number of rotatable bonds is 5. The largest absolute Gasteiger partial charge is 0.463 e. The number of esters is 1. The molecule has 15 heavy (non-hydrogen) atoms. The maximum atomic E-state index is 10.9. The summed E-state index contributed by atoms with van der Waals surface area (Å²) in [5.74, 6) is 0.370. The monoisotopic (exact) mass is 224 g/mol.